The predicted octanol–water partition coefficient (Wildman–Crippen LogP) is 2.70. The van der Waals surface area contributed by atoms with Crippen LogP contribution >= 0.6 is 0 Å². The number of carboxylic acid groups (broad SMARTS) is 1. The van der Waals surface area contributed by atoms with Crippen LogP contribution in [-0.4, -0.2) is 17.7 Å². The number of ether oxygens (including phenoxy) is 1. The molecule has 0 radical (unpaired) electrons. The fourth-order valence-electron chi connectivity index (χ4n) is 1.07. The van der Waals surface area contributed by atoms with Crippen LogP contribution in [0.15, 0.2) is 18.2 Å². The van der Waals surface area contributed by atoms with Crippen molar-refractivity contribution in [3.8, 4) is 5.75 Å². The van der Waals surface area contributed by atoms with Gasteiger partial charge in [-0.3, -0.25) is 0 Å². The lowest BCUT2D eigenvalue weighted by Crippen LogP contribution is -2.02. The van der Waals surface area contributed by atoms with E-state index in [1.807, 2.05) is 6.92 Å². The smallest absolute Gasteiger partial charge is 0.335 e. The lowest BCUT2D eigenvalue weighted by atomic mass is 10.2. The first-order valence-electron chi connectivity index (χ1n) is 4.80. The fraction of sp³-hybridized carbons (Fsp3) is 0.364. The van der Waals surface area contributed by atoms with E-state index in [4.69, 9.17) is 9.84 Å². The molecule has 0 fully saturated rings. The molecule has 1 N–H and O–H groups in total. The van der Waals surface area contributed by atoms with Gasteiger partial charge in [0.1, 0.15) is 0 Å². The second kappa shape index (κ2) is 5.34. The van der Waals surface area contributed by atoms with Crippen molar-refractivity contribution in [1.29, 1.82) is 0 Å². The number of carboxylic acids is 1. The number of benzene rings is 1. The molecule has 0 aliphatic heterocycles. The van der Waals surface area contributed by atoms with Gasteiger partial charge in [0.2, 0.25) is 0 Å². The van der Waals surface area contributed by atoms with Crippen molar-refractivity contribution in [1.82, 2.24) is 0 Å². The van der Waals surface area contributed by atoms with Crippen LogP contribution in [0.1, 0.15) is 30.1 Å². The van der Waals surface area contributed by atoms with Gasteiger partial charge in [0.05, 0.1) is 12.2 Å². The third-order valence-corrected chi connectivity index (χ3v) is 1.93. The Morgan fingerprint density at radius 3 is 2.87 bits per heavy atom. The number of hydrogen-bond donors (Lipinski definition) is 1. The minimum Gasteiger partial charge on any atom is -0.490 e. The van der Waals surface area contributed by atoms with Gasteiger partial charge < -0.3 is 9.84 Å². The number of hydrogen-bond acceptors (Lipinski definition) is 2. The molecular formula is C11H13FO3. The maximum Gasteiger partial charge on any atom is 0.335 e. The largest absolute Gasteiger partial charge is 0.490 e. The topological polar surface area (TPSA) is 46.5 Å². The molecule has 0 aliphatic rings. The van der Waals surface area contributed by atoms with Crippen LogP contribution in [0.25, 0.3) is 0 Å². The summed E-state index contributed by atoms with van der Waals surface area (Å²) in [4.78, 5) is 10.6. The molecule has 3 nitrogen and oxygen atoms in total. The lowest BCUT2D eigenvalue weighted by molar-refractivity contribution is 0.0696. The quantitative estimate of drug-likeness (QED) is 0.763. The molecule has 1 aromatic rings. The summed E-state index contributed by atoms with van der Waals surface area (Å²) in [5.41, 5.74) is 0.0305. The average Bonchev–Trinajstić information content (AvgIpc) is 2.20. The molecule has 4 heteroatoms. The molecule has 0 atom stereocenters. The van der Waals surface area contributed by atoms with E-state index >= 15 is 0 Å². The molecule has 0 heterocycles. The molecule has 0 aromatic heterocycles. The number of carbonyl (C=O) groups is 1. The van der Waals surface area contributed by atoms with Crippen molar-refractivity contribution in [2.45, 2.75) is 19.8 Å². The number of aromatic carboxylic acids is 1. The van der Waals surface area contributed by atoms with E-state index in [9.17, 15) is 9.18 Å². The monoisotopic (exact) mass is 212 g/mol. The maximum absolute atomic E-state index is 13.1. The molecule has 0 spiro atoms. The summed E-state index contributed by atoms with van der Waals surface area (Å²) in [5, 5.41) is 8.69. The summed E-state index contributed by atoms with van der Waals surface area (Å²) in [6, 6.07) is 3.52. The Bertz CT molecular complexity index is 350. The van der Waals surface area contributed by atoms with E-state index in [-0.39, 0.29) is 11.3 Å². The van der Waals surface area contributed by atoms with Gasteiger partial charge >= 0.3 is 5.97 Å². The van der Waals surface area contributed by atoms with Crippen LogP contribution in [0.5, 0.6) is 5.75 Å². The zero-order chi connectivity index (χ0) is 11.3. The summed E-state index contributed by atoms with van der Waals surface area (Å²) >= 11 is 0. The molecule has 0 saturated carbocycles. The van der Waals surface area contributed by atoms with Gasteiger partial charge in [0.25, 0.3) is 0 Å². The van der Waals surface area contributed by atoms with Gasteiger partial charge in [-0.2, -0.15) is 0 Å². The summed E-state index contributed by atoms with van der Waals surface area (Å²) in [6.07, 6.45) is 1.76. The highest BCUT2D eigenvalue weighted by Gasteiger charge is 2.08. The van der Waals surface area contributed by atoms with Crippen molar-refractivity contribution in [2.75, 3.05) is 6.61 Å². The van der Waals surface area contributed by atoms with Crippen LogP contribution < -0.4 is 4.74 Å². The molecule has 1 aromatic carbocycles. The average molecular weight is 212 g/mol. The predicted molar refractivity (Wildman–Crippen MR) is 53.8 cm³/mol. The molecule has 82 valence electrons. The first-order valence-corrected chi connectivity index (χ1v) is 4.80. The second-order valence-electron chi connectivity index (χ2n) is 3.15. The van der Waals surface area contributed by atoms with E-state index in [0.717, 1.165) is 18.9 Å². The summed E-state index contributed by atoms with van der Waals surface area (Å²) in [7, 11) is 0. The molecule has 0 amide bonds. The Balaban J connectivity index is 2.76. The van der Waals surface area contributed by atoms with Crippen LogP contribution in [0, 0.1) is 5.82 Å². The number of halogens is 1. The van der Waals surface area contributed by atoms with Gasteiger partial charge in [-0.1, -0.05) is 13.3 Å². The van der Waals surface area contributed by atoms with Crippen LogP contribution in [0.3, 0.4) is 0 Å². The first-order chi connectivity index (χ1) is 7.15. The van der Waals surface area contributed by atoms with Crippen LogP contribution in [0.4, 0.5) is 4.39 Å². The van der Waals surface area contributed by atoms with E-state index < -0.39 is 11.8 Å². The number of unbranched alkanes of at least 4 members (excludes halogenated alkanes) is 1. The van der Waals surface area contributed by atoms with Gasteiger partial charge in [-0.25, -0.2) is 9.18 Å². The number of rotatable bonds is 5. The van der Waals surface area contributed by atoms with E-state index in [1.165, 1.54) is 12.1 Å². The van der Waals surface area contributed by atoms with Gasteiger partial charge in [-0.15, -0.1) is 0 Å². The molecule has 0 bridgehead atoms. The van der Waals surface area contributed by atoms with Crippen molar-refractivity contribution < 1.29 is 19.0 Å². The van der Waals surface area contributed by atoms with Crippen molar-refractivity contribution >= 4 is 5.97 Å². The summed E-state index contributed by atoms with van der Waals surface area (Å²) in [6.45, 7) is 2.39. The molecule has 15 heavy (non-hydrogen) atoms. The first kappa shape index (κ1) is 11.5. The van der Waals surface area contributed by atoms with E-state index in [0.29, 0.717) is 6.61 Å². The van der Waals surface area contributed by atoms with Crippen LogP contribution in [0.2, 0.25) is 0 Å². The van der Waals surface area contributed by atoms with Crippen molar-refractivity contribution in [3.63, 3.8) is 0 Å². The molecular weight excluding hydrogens is 199 g/mol. The van der Waals surface area contributed by atoms with Crippen molar-refractivity contribution in [3.05, 3.63) is 29.6 Å². The van der Waals surface area contributed by atoms with E-state index in [2.05, 4.69) is 0 Å². The summed E-state index contributed by atoms with van der Waals surface area (Å²) < 4.78 is 18.3. The third-order valence-electron chi connectivity index (χ3n) is 1.93. The molecule has 1 rings (SSSR count). The highest BCUT2D eigenvalue weighted by Crippen LogP contribution is 2.19. The zero-order valence-corrected chi connectivity index (χ0v) is 8.50. The Hall–Kier alpha value is -1.58. The van der Waals surface area contributed by atoms with Crippen molar-refractivity contribution in [2.24, 2.45) is 0 Å². The SMILES string of the molecule is CCCCOc1cc(C(=O)O)ccc1F. The second-order valence-corrected chi connectivity index (χ2v) is 3.15. The highest BCUT2D eigenvalue weighted by atomic mass is 19.1. The Labute approximate surface area is 87.5 Å². The molecule has 0 unspecified atom stereocenters. The minimum atomic E-state index is -1.09. The minimum absolute atomic E-state index is 0.00310. The molecule has 0 saturated heterocycles. The highest BCUT2D eigenvalue weighted by molar-refractivity contribution is 5.88. The standard InChI is InChI=1S/C11H13FO3/c1-2-3-6-15-10-7-8(11(13)14)4-5-9(10)12/h4-5,7H,2-3,6H2,1H3,(H,13,14). The Morgan fingerprint density at radius 1 is 1.53 bits per heavy atom. The fourth-order valence-corrected chi connectivity index (χ4v) is 1.07. The van der Waals surface area contributed by atoms with E-state index in [1.54, 1.807) is 0 Å². The van der Waals surface area contributed by atoms with Gasteiger partial charge in [0, 0.05) is 0 Å². The Kier molecular flexibility index (Phi) is 4.09. The van der Waals surface area contributed by atoms with Gasteiger partial charge in [-0.05, 0) is 24.6 Å². The normalized spacial score (nSPS) is 10.0. The lowest BCUT2D eigenvalue weighted by Gasteiger charge is -2.06. The summed E-state index contributed by atoms with van der Waals surface area (Å²) in [5.74, 6) is -1.62. The van der Waals surface area contributed by atoms with Crippen LogP contribution in [-0.2, 0) is 0 Å². The zero-order valence-electron chi connectivity index (χ0n) is 8.50. The maximum atomic E-state index is 13.1. The van der Waals surface area contributed by atoms with Gasteiger partial charge in [0.15, 0.2) is 11.6 Å². The Morgan fingerprint density at radius 2 is 2.27 bits per heavy atom. The molecule has 0 aliphatic carbocycles. The third kappa shape index (κ3) is 3.23.